The highest BCUT2D eigenvalue weighted by molar-refractivity contribution is 7.64. The zero-order valence-electron chi connectivity index (χ0n) is 8.73. The normalized spacial score (nSPS) is 15.1. The second-order valence-corrected chi connectivity index (χ2v) is 13.4. The summed E-state index contributed by atoms with van der Waals surface area (Å²) in [6, 6.07) is -2.44. The highest BCUT2D eigenvalue weighted by atomic mass is 35.8. The zero-order valence-corrected chi connectivity index (χ0v) is 12.0. The number of hydrogen-bond donors (Lipinski definition) is 0. The van der Waals surface area contributed by atoms with Crippen molar-refractivity contribution in [3.63, 3.8) is 0 Å². The number of carbonyl (C=O) groups is 1. The first kappa shape index (κ1) is 14.6. The van der Waals surface area contributed by atoms with E-state index >= 15 is 0 Å². The van der Waals surface area contributed by atoms with Crippen molar-refractivity contribution in [1.82, 2.24) is 0 Å². The highest BCUT2D eigenvalue weighted by Gasteiger charge is 2.32. The van der Waals surface area contributed by atoms with E-state index in [1.165, 1.54) is 0 Å². The maximum absolute atomic E-state index is 11.5. The number of ether oxygens (including phenoxy) is 1. The molecule has 2 nitrogen and oxygen atoms in total. The van der Waals surface area contributed by atoms with E-state index in [-0.39, 0.29) is 11.9 Å². The van der Waals surface area contributed by atoms with Gasteiger partial charge in [-0.1, -0.05) is 6.92 Å². The molecule has 0 aliphatic rings. The zero-order chi connectivity index (χ0) is 11.6. The lowest BCUT2D eigenvalue weighted by Gasteiger charge is -2.23. The lowest BCUT2D eigenvalue weighted by atomic mass is 10.1. The Morgan fingerprint density at radius 1 is 1.36 bits per heavy atom. The molecule has 0 aliphatic carbocycles. The molecule has 0 aromatic carbocycles. The van der Waals surface area contributed by atoms with Crippen LogP contribution in [0.2, 0.25) is 6.04 Å². The predicted octanol–water partition coefficient (Wildman–Crippen LogP) is 3.62. The van der Waals surface area contributed by atoms with Crippen LogP contribution in [0.15, 0.2) is 0 Å². The molecule has 0 fully saturated rings. The van der Waals surface area contributed by atoms with Gasteiger partial charge in [-0.15, -0.1) is 33.2 Å². The summed E-state index contributed by atoms with van der Waals surface area (Å²) in [5, 5.41) is 0. The summed E-state index contributed by atoms with van der Waals surface area (Å²) < 4.78 is 5.15. The van der Waals surface area contributed by atoms with Gasteiger partial charge in [0.15, 0.2) is 0 Å². The molecule has 0 N–H and O–H groups in total. The van der Waals surface area contributed by atoms with Crippen LogP contribution < -0.4 is 0 Å². The molecule has 0 saturated carbocycles. The van der Waals surface area contributed by atoms with Gasteiger partial charge in [-0.05, 0) is 26.8 Å². The fourth-order valence-corrected chi connectivity index (χ4v) is 3.78. The number of carbonyl (C=O) groups excluding carboxylic acids is 1. The Bertz CT molecular complexity index is 208. The standard InChI is InChI=1S/C8H15Cl3O2Si/c1-6(5-14(9,10)11)7(12)13-8(2,3)4/h6H,5H2,1-4H3. The van der Waals surface area contributed by atoms with Gasteiger partial charge in [0.05, 0.1) is 5.92 Å². The molecule has 0 radical (unpaired) electrons. The van der Waals surface area contributed by atoms with Crippen molar-refractivity contribution in [2.75, 3.05) is 0 Å². The van der Waals surface area contributed by atoms with Gasteiger partial charge in [-0.2, -0.15) is 0 Å². The van der Waals surface area contributed by atoms with E-state index in [2.05, 4.69) is 0 Å². The van der Waals surface area contributed by atoms with Crippen molar-refractivity contribution in [2.24, 2.45) is 5.92 Å². The van der Waals surface area contributed by atoms with Gasteiger partial charge in [0.25, 0.3) is 0 Å². The van der Waals surface area contributed by atoms with Gasteiger partial charge < -0.3 is 4.74 Å². The molecular weight excluding hydrogens is 263 g/mol. The Morgan fingerprint density at radius 2 is 1.79 bits per heavy atom. The molecule has 0 heterocycles. The summed E-state index contributed by atoms with van der Waals surface area (Å²) in [4.78, 5) is 11.5. The van der Waals surface area contributed by atoms with Crippen LogP contribution >= 0.6 is 33.2 Å². The third-order valence-corrected chi connectivity index (χ3v) is 3.81. The van der Waals surface area contributed by atoms with Crippen molar-refractivity contribution in [3.05, 3.63) is 0 Å². The van der Waals surface area contributed by atoms with Crippen LogP contribution in [-0.2, 0) is 9.53 Å². The maximum Gasteiger partial charge on any atom is 0.342 e. The smallest absolute Gasteiger partial charge is 0.342 e. The Morgan fingerprint density at radius 3 is 2.07 bits per heavy atom. The molecule has 0 bridgehead atoms. The summed E-state index contributed by atoms with van der Waals surface area (Å²) in [5.74, 6) is -0.662. The minimum absolute atomic E-state index is 0.298. The molecule has 1 atom stereocenters. The molecule has 1 unspecified atom stereocenters. The molecule has 84 valence electrons. The molecule has 0 aromatic heterocycles. The molecule has 14 heavy (non-hydrogen) atoms. The molecular formula is C8H15Cl3O2Si. The lowest BCUT2D eigenvalue weighted by molar-refractivity contribution is -0.158. The third-order valence-electron chi connectivity index (χ3n) is 1.35. The SMILES string of the molecule is CC(C[Si](Cl)(Cl)Cl)C(=O)OC(C)(C)C. The first-order chi connectivity index (χ1) is 6.01. The van der Waals surface area contributed by atoms with Gasteiger partial charge in [-0.3, -0.25) is 4.79 Å². The Balaban J connectivity index is 4.15. The van der Waals surface area contributed by atoms with E-state index in [9.17, 15) is 4.79 Å². The van der Waals surface area contributed by atoms with Crippen molar-refractivity contribution in [1.29, 1.82) is 0 Å². The fraction of sp³-hybridized carbons (Fsp3) is 0.875. The van der Waals surface area contributed by atoms with E-state index in [0.717, 1.165) is 0 Å². The van der Waals surface area contributed by atoms with Crippen molar-refractivity contribution in [3.8, 4) is 0 Å². The first-order valence-corrected chi connectivity index (χ1v) is 9.55. The Kier molecular flexibility index (Phi) is 5.26. The van der Waals surface area contributed by atoms with Crippen molar-refractivity contribution in [2.45, 2.75) is 39.3 Å². The minimum atomic E-state index is -2.74. The van der Waals surface area contributed by atoms with E-state index in [4.69, 9.17) is 38.0 Å². The maximum atomic E-state index is 11.5. The number of hydrogen-bond acceptors (Lipinski definition) is 2. The van der Waals surface area contributed by atoms with Gasteiger partial charge >= 0.3 is 12.0 Å². The summed E-state index contributed by atoms with van der Waals surface area (Å²) in [7, 11) is 0. The van der Waals surface area contributed by atoms with Crippen LogP contribution in [0.25, 0.3) is 0 Å². The van der Waals surface area contributed by atoms with Gasteiger partial charge in [0.1, 0.15) is 5.60 Å². The third kappa shape index (κ3) is 7.91. The van der Waals surface area contributed by atoms with Crippen LogP contribution in [0, 0.1) is 5.92 Å². The summed E-state index contributed by atoms with van der Waals surface area (Å²) in [5.41, 5.74) is -0.486. The lowest BCUT2D eigenvalue weighted by Crippen LogP contribution is -2.30. The molecule has 0 amide bonds. The fourth-order valence-electron chi connectivity index (χ4n) is 0.833. The molecule has 0 saturated heterocycles. The molecule has 6 heteroatoms. The van der Waals surface area contributed by atoms with E-state index in [0.29, 0.717) is 6.04 Å². The quantitative estimate of drug-likeness (QED) is 0.447. The Hall–Kier alpha value is 0.557. The Labute approximate surface area is 100.0 Å². The highest BCUT2D eigenvalue weighted by Crippen LogP contribution is 2.30. The topological polar surface area (TPSA) is 26.3 Å². The summed E-state index contributed by atoms with van der Waals surface area (Å²) in [6.07, 6.45) is 0. The average Bonchev–Trinajstić information content (AvgIpc) is 1.78. The molecule has 0 rings (SSSR count). The largest absolute Gasteiger partial charge is 0.460 e. The van der Waals surface area contributed by atoms with Gasteiger partial charge in [0, 0.05) is 0 Å². The van der Waals surface area contributed by atoms with Gasteiger partial charge in [-0.25, -0.2) is 0 Å². The van der Waals surface area contributed by atoms with E-state index in [1.807, 2.05) is 20.8 Å². The monoisotopic (exact) mass is 276 g/mol. The minimum Gasteiger partial charge on any atom is -0.460 e. The molecule has 0 spiro atoms. The molecule has 0 aliphatic heterocycles. The predicted molar refractivity (Wildman–Crippen MR) is 63.1 cm³/mol. The van der Waals surface area contributed by atoms with Crippen LogP contribution in [-0.4, -0.2) is 17.6 Å². The van der Waals surface area contributed by atoms with Crippen molar-refractivity contribution < 1.29 is 9.53 Å². The number of halogens is 3. The first-order valence-electron chi connectivity index (χ1n) is 4.31. The summed E-state index contributed by atoms with van der Waals surface area (Å²) >= 11 is 17.1. The van der Waals surface area contributed by atoms with Crippen LogP contribution in [0.3, 0.4) is 0 Å². The van der Waals surface area contributed by atoms with E-state index < -0.39 is 11.6 Å². The summed E-state index contributed by atoms with van der Waals surface area (Å²) in [6.45, 7) is 7.14. The van der Waals surface area contributed by atoms with Crippen LogP contribution in [0.1, 0.15) is 27.7 Å². The van der Waals surface area contributed by atoms with E-state index in [1.54, 1.807) is 6.92 Å². The molecule has 0 aromatic rings. The average molecular weight is 278 g/mol. The second kappa shape index (κ2) is 5.06. The second-order valence-electron chi connectivity index (χ2n) is 4.25. The van der Waals surface area contributed by atoms with Crippen LogP contribution in [0.4, 0.5) is 0 Å². The van der Waals surface area contributed by atoms with Gasteiger partial charge in [0.2, 0.25) is 0 Å². The number of esters is 1. The van der Waals surface area contributed by atoms with Crippen molar-refractivity contribution >= 4 is 45.2 Å². The number of rotatable bonds is 3. The van der Waals surface area contributed by atoms with Crippen LogP contribution in [0.5, 0.6) is 0 Å².